The van der Waals surface area contributed by atoms with Crippen LogP contribution in [0.3, 0.4) is 0 Å². The summed E-state index contributed by atoms with van der Waals surface area (Å²) in [6.45, 7) is 12.1. The Bertz CT molecular complexity index is 789. The van der Waals surface area contributed by atoms with Crippen LogP contribution in [-0.2, 0) is 11.2 Å². The lowest BCUT2D eigenvalue weighted by Gasteiger charge is -2.14. The molecule has 0 aliphatic heterocycles. The van der Waals surface area contributed by atoms with Crippen LogP contribution in [0.4, 0.5) is 0 Å². The quantitative estimate of drug-likeness (QED) is 0.765. The second kappa shape index (κ2) is 7.95. The van der Waals surface area contributed by atoms with Crippen molar-refractivity contribution in [1.82, 2.24) is 15.1 Å². The SMILES string of the molecule is CC(=O)c1c(C)nn(C(C)CC(=O)NCCc2csc(C)c2C)c1C. The van der Waals surface area contributed by atoms with Gasteiger partial charge in [0.05, 0.1) is 17.3 Å². The minimum absolute atomic E-state index is 0.00836. The maximum atomic E-state index is 12.2. The van der Waals surface area contributed by atoms with Crippen LogP contribution in [0.2, 0.25) is 0 Å². The number of carbonyl (C=O) groups is 2. The number of amides is 1. The number of aromatic nitrogens is 2. The lowest BCUT2D eigenvalue weighted by atomic mass is 10.1. The second-order valence-corrected chi connectivity index (χ2v) is 7.73. The first-order valence-corrected chi connectivity index (χ1v) is 9.47. The number of aryl methyl sites for hydroxylation is 2. The molecule has 2 heterocycles. The summed E-state index contributed by atoms with van der Waals surface area (Å²) in [5.41, 5.74) is 4.85. The van der Waals surface area contributed by atoms with Crippen molar-refractivity contribution in [3.8, 4) is 0 Å². The molecule has 0 saturated carbocycles. The molecule has 1 N–H and O–H groups in total. The molecule has 25 heavy (non-hydrogen) atoms. The van der Waals surface area contributed by atoms with E-state index in [1.807, 2.05) is 20.8 Å². The van der Waals surface area contributed by atoms with E-state index in [4.69, 9.17) is 0 Å². The molecule has 1 unspecified atom stereocenters. The van der Waals surface area contributed by atoms with Gasteiger partial charge in [-0.25, -0.2) is 0 Å². The third-order valence-electron chi connectivity index (χ3n) is 4.68. The lowest BCUT2D eigenvalue weighted by molar-refractivity contribution is -0.121. The molecule has 0 saturated heterocycles. The number of carbonyl (C=O) groups excluding carboxylic acids is 2. The lowest BCUT2D eigenvalue weighted by Crippen LogP contribution is -2.28. The van der Waals surface area contributed by atoms with Gasteiger partial charge in [0.2, 0.25) is 5.91 Å². The van der Waals surface area contributed by atoms with Gasteiger partial charge >= 0.3 is 0 Å². The van der Waals surface area contributed by atoms with Crippen LogP contribution in [0.5, 0.6) is 0 Å². The van der Waals surface area contributed by atoms with Crippen molar-refractivity contribution in [1.29, 1.82) is 0 Å². The van der Waals surface area contributed by atoms with Crippen molar-refractivity contribution in [2.75, 3.05) is 6.54 Å². The molecule has 2 aromatic rings. The first kappa shape index (κ1) is 19.4. The summed E-state index contributed by atoms with van der Waals surface area (Å²) in [5.74, 6) is 0.0216. The highest BCUT2D eigenvalue weighted by Gasteiger charge is 2.20. The number of hydrogen-bond acceptors (Lipinski definition) is 4. The molecular weight excluding hydrogens is 334 g/mol. The minimum Gasteiger partial charge on any atom is -0.356 e. The van der Waals surface area contributed by atoms with Gasteiger partial charge in [0, 0.05) is 23.5 Å². The Morgan fingerprint density at radius 3 is 2.48 bits per heavy atom. The van der Waals surface area contributed by atoms with Crippen molar-refractivity contribution in [3.63, 3.8) is 0 Å². The van der Waals surface area contributed by atoms with Crippen molar-refractivity contribution < 1.29 is 9.59 Å². The standard InChI is InChI=1S/C19H27N3O2S/c1-11(22-14(4)19(15(5)23)13(3)21-22)9-18(24)20-8-7-17-10-25-16(6)12(17)2/h10-11H,7-9H2,1-6H3,(H,20,24). The molecule has 6 heteroatoms. The Morgan fingerprint density at radius 2 is 1.96 bits per heavy atom. The molecule has 0 fully saturated rings. The van der Waals surface area contributed by atoms with Gasteiger partial charge in [-0.2, -0.15) is 5.10 Å². The Morgan fingerprint density at radius 1 is 1.28 bits per heavy atom. The van der Waals surface area contributed by atoms with E-state index in [1.54, 1.807) is 22.9 Å². The average molecular weight is 362 g/mol. The van der Waals surface area contributed by atoms with Gasteiger partial charge in [0.1, 0.15) is 0 Å². The first-order valence-electron chi connectivity index (χ1n) is 8.59. The van der Waals surface area contributed by atoms with E-state index in [1.165, 1.54) is 16.0 Å². The van der Waals surface area contributed by atoms with Crippen LogP contribution >= 0.6 is 11.3 Å². The van der Waals surface area contributed by atoms with Gasteiger partial charge < -0.3 is 5.32 Å². The summed E-state index contributed by atoms with van der Waals surface area (Å²) in [5, 5.41) is 9.60. The van der Waals surface area contributed by atoms with Crippen molar-refractivity contribution in [2.24, 2.45) is 0 Å². The van der Waals surface area contributed by atoms with Gasteiger partial charge in [0.15, 0.2) is 5.78 Å². The van der Waals surface area contributed by atoms with Crippen LogP contribution in [0.25, 0.3) is 0 Å². The van der Waals surface area contributed by atoms with E-state index in [0.717, 1.165) is 17.8 Å². The topological polar surface area (TPSA) is 64.0 Å². The summed E-state index contributed by atoms with van der Waals surface area (Å²) < 4.78 is 1.79. The van der Waals surface area contributed by atoms with Crippen LogP contribution in [0.1, 0.15) is 64.1 Å². The Kier molecular flexibility index (Phi) is 6.16. The molecule has 0 aliphatic carbocycles. The zero-order valence-electron chi connectivity index (χ0n) is 15.9. The fraction of sp³-hybridized carbons (Fsp3) is 0.526. The largest absolute Gasteiger partial charge is 0.356 e. The first-order chi connectivity index (χ1) is 11.7. The van der Waals surface area contributed by atoms with Crippen LogP contribution in [0.15, 0.2) is 5.38 Å². The fourth-order valence-electron chi connectivity index (χ4n) is 3.17. The Hall–Kier alpha value is -1.95. The number of thiophene rings is 1. The van der Waals surface area contributed by atoms with E-state index in [-0.39, 0.29) is 17.7 Å². The Labute approximate surface area is 153 Å². The maximum Gasteiger partial charge on any atom is 0.222 e. The highest BCUT2D eigenvalue weighted by Crippen LogP contribution is 2.21. The molecule has 5 nitrogen and oxygen atoms in total. The summed E-state index contributed by atoms with van der Waals surface area (Å²) >= 11 is 1.75. The van der Waals surface area contributed by atoms with Crippen LogP contribution in [0, 0.1) is 27.7 Å². The van der Waals surface area contributed by atoms with Crippen LogP contribution < -0.4 is 5.32 Å². The van der Waals surface area contributed by atoms with E-state index in [2.05, 4.69) is 29.6 Å². The molecule has 1 amide bonds. The van der Waals surface area contributed by atoms with Gasteiger partial charge in [-0.3, -0.25) is 14.3 Å². The van der Waals surface area contributed by atoms with Crippen molar-refractivity contribution in [3.05, 3.63) is 38.3 Å². The number of rotatable bonds is 7. The minimum atomic E-state index is -0.0862. The molecule has 0 bridgehead atoms. The molecule has 2 rings (SSSR count). The monoisotopic (exact) mass is 361 g/mol. The Balaban J connectivity index is 1.91. The average Bonchev–Trinajstić information content (AvgIpc) is 3.00. The maximum absolute atomic E-state index is 12.2. The van der Waals surface area contributed by atoms with Crippen molar-refractivity contribution >= 4 is 23.0 Å². The second-order valence-electron chi connectivity index (χ2n) is 6.64. The highest BCUT2D eigenvalue weighted by atomic mass is 32.1. The third kappa shape index (κ3) is 4.37. The molecule has 0 aromatic carbocycles. The zero-order valence-corrected chi connectivity index (χ0v) is 16.7. The summed E-state index contributed by atoms with van der Waals surface area (Å²) in [4.78, 5) is 25.3. The molecule has 0 aliphatic rings. The predicted molar refractivity (Wildman–Crippen MR) is 102 cm³/mol. The van der Waals surface area contributed by atoms with Gasteiger partial charge in [-0.1, -0.05) is 0 Å². The normalized spacial score (nSPS) is 12.2. The van der Waals surface area contributed by atoms with E-state index in [9.17, 15) is 9.59 Å². The van der Waals surface area contributed by atoms with Gasteiger partial charge in [-0.05, 0) is 64.5 Å². The molecule has 136 valence electrons. The number of hydrogen-bond donors (Lipinski definition) is 1. The van der Waals surface area contributed by atoms with E-state index >= 15 is 0 Å². The molecule has 0 spiro atoms. The highest BCUT2D eigenvalue weighted by molar-refractivity contribution is 7.10. The number of Topliss-reactive ketones (excluding diaryl/α,β-unsaturated/α-hetero) is 1. The summed E-state index contributed by atoms with van der Waals surface area (Å²) in [6, 6.07) is -0.0862. The fourth-order valence-corrected chi connectivity index (χ4v) is 4.10. The van der Waals surface area contributed by atoms with E-state index in [0.29, 0.717) is 18.5 Å². The molecule has 2 aromatic heterocycles. The smallest absolute Gasteiger partial charge is 0.222 e. The molecule has 1 atom stereocenters. The number of nitrogens with one attached hydrogen (secondary N) is 1. The van der Waals surface area contributed by atoms with Crippen molar-refractivity contribution in [2.45, 2.75) is 60.4 Å². The third-order valence-corrected chi connectivity index (χ3v) is 5.74. The summed E-state index contributed by atoms with van der Waals surface area (Å²) in [7, 11) is 0. The predicted octanol–water partition coefficient (Wildman–Crippen LogP) is 3.69. The zero-order chi connectivity index (χ0) is 18.7. The van der Waals surface area contributed by atoms with E-state index < -0.39 is 0 Å². The van der Waals surface area contributed by atoms with Gasteiger partial charge in [0.25, 0.3) is 0 Å². The van der Waals surface area contributed by atoms with Gasteiger partial charge in [-0.15, -0.1) is 11.3 Å². The summed E-state index contributed by atoms with van der Waals surface area (Å²) in [6.07, 6.45) is 1.20. The molecular formula is C19H27N3O2S. The number of ketones is 1. The molecule has 0 radical (unpaired) electrons. The van der Waals surface area contributed by atoms with Crippen LogP contribution in [-0.4, -0.2) is 28.0 Å². The number of nitrogens with zero attached hydrogens (tertiary/aromatic N) is 2.